The van der Waals surface area contributed by atoms with Crippen molar-refractivity contribution in [1.29, 1.82) is 0 Å². The molecule has 1 aromatic heterocycles. The number of benzene rings is 2. The number of rotatable bonds is 8. The minimum Gasteiger partial charge on any atom is -0.495 e. The molecule has 3 heterocycles. The molecule has 2 aliphatic rings. The highest BCUT2D eigenvalue weighted by Crippen LogP contribution is 2.38. The van der Waals surface area contributed by atoms with Crippen LogP contribution in [0.5, 0.6) is 5.75 Å². The molecule has 0 radical (unpaired) electrons. The normalized spacial score (nSPS) is 17.3. The smallest absolute Gasteiger partial charge is 0.229 e. The first-order valence-electron chi connectivity index (χ1n) is 14.6. The van der Waals surface area contributed by atoms with Crippen LogP contribution >= 0.6 is 15.9 Å². The molecule has 2 fully saturated rings. The minimum absolute atomic E-state index is 0.190. The van der Waals surface area contributed by atoms with Gasteiger partial charge in [-0.25, -0.2) is 13.8 Å². The first-order valence-corrected chi connectivity index (χ1v) is 15.4. The van der Waals surface area contributed by atoms with Crippen LogP contribution in [-0.4, -0.2) is 84.3 Å². The van der Waals surface area contributed by atoms with E-state index in [0.29, 0.717) is 22.3 Å². The van der Waals surface area contributed by atoms with Crippen LogP contribution in [0, 0.1) is 18.6 Å². The van der Waals surface area contributed by atoms with Crippen LogP contribution in [0.15, 0.2) is 34.9 Å². The molecular formula is C31H40BrF2N7O2. The van der Waals surface area contributed by atoms with Crippen LogP contribution < -0.4 is 20.3 Å². The number of hydrogen-bond acceptors (Lipinski definition) is 9. The first-order chi connectivity index (χ1) is 20.4. The van der Waals surface area contributed by atoms with Gasteiger partial charge in [0.2, 0.25) is 5.95 Å². The summed E-state index contributed by atoms with van der Waals surface area (Å²) in [6.07, 6.45) is 3.82. The van der Waals surface area contributed by atoms with Gasteiger partial charge in [-0.3, -0.25) is 4.90 Å². The molecule has 2 saturated heterocycles. The fraction of sp³-hybridized carbons (Fsp3) is 0.484. The monoisotopic (exact) mass is 659 g/mol. The maximum Gasteiger partial charge on any atom is 0.229 e. The van der Waals surface area contributed by atoms with Gasteiger partial charge in [-0.15, -0.1) is 0 Å². The average molecular weight is 661 g/mol. The second-order valence-corrected chi connectivity index (χ2v) is 12.8. The van der Waals surface area contributed by atoms with Gasteiger partial charge in [0.25, 0.3) is 0 Å². The zero-order chi connectivity index (χ0) is 30.9. The summed E-state index contributed by atoms with van der Waals surface area (Å²) in [6, 6.07) is 6.70. The fourth-order valence-electron chi connectivity index (χ4n) is 5.80. The molecule has 0 saturated carbocycles. The second-order valence-electron chi connectivity index (χ2n) is 11.9. The molecule has 5 rings (SSSR count). The summed E-state index contributed by atoms with van der Waals surface area (Å²) in [7, 11) is 3.87. The Hall–Kier alpha value is -3.06. The minimum atomic E-state index is -1.42. The van der Waals surface area contributed by atoms with Gasteiger partial charge in [0.05, 0.1) is 22.9 Å². The van der Waals surface area contributed by atoms with E-state index in [-0.39, 0.29) is 11.3 Å². The van der Waals surface area contributed by atoms with Crippen molar-refractivity contribution in [3.05, 3.63) is 57.7 Å². The molecule has 12 heteroatoms. The molecule has 3 N–H and O–H groups in total. The third-order valence-electron chi connectivity index (χ3n) is 8.35. The summed E-state index contributed by atoms with van der Waals surface area (Å²) in [5, 5.41) is 16.8. The Balaban J connectivity index is 1.32. The first kappa shape index (κ1) is 31.4. The molecule has 0 aliphatic carbocycles. The Bertz CT molecular complexity index is 1450. The number of methoxy groups -OCH3 is 1. The standard InChI is InChI=1S/C31H40BrF2N7O2/c1-19-14-27(41-8-6-20(7-9-41)40-12-10-39(4)11-13-40)28(43-5)17-25(19)37-30-35-18-22(32)29(38-30)36-26-16-24(34)23(33)15-21(26)31(2,3)42/h14-18,20,42H,6-13H2,1-5H3,(H2,35,36,37,38). The van der Waals surface area contributed by atoms with Gasteiger partial charge in [0, 0.05) is 80.6 Å². The summed E-state index contributed by atoms with van der Waals surface area (Å²) in [4.78, 5) is 16.4. The Morgan fingerprint density at radius 2 is 1.65 bits per heavy atom. The predicted octanol–water partition coefficient (Wildman–Crippen LogP) is 5.77. The number of piperidine rings is 1. The van der Waals surface area contributed by atoms with Gasteiger partial charge in [-0.05, 0) is 74.3 Å². The summed E-state index contributed by atoms with van der Waals surface area (Å²) < 4.78 is 34.5. The maximum absolute atomic E-state index is 14.1. The van der Waals surface area contributed by atoms with E-state index in [1.165, 1.54) is 13.8 Å². The number of aromatic nitrogens is 2. The molecule has 2 aromatic carbocycles. The van der Waals surface area contributed by atoms with Crippen molar-refractivity contribution in [2.45, 2.75) is 45.3 Å². The van der Waals surface area contributed by atoms with E-state index >= 15 is 0 Å². The lowest BCUT2D eigenvalue weighted by Crippen LogP contribution is -2.52. The lowest BCUT2D eigenvalue weighted by Gasteiger charge is -2.42. The van der Waals surface area contributed by atoms with E-state index in [0.717, 1.165) is 86.9 Å². The Kier molecular flexibility index (Phi) is 9.40. The molecular weight excluding hydrogens is 620 g/mol. The fourth-order valence-corrected chi connectivity index (χ4v) is 6.09. The van der Waals surface area contributed by atoms with E-state index in [2.05, 4.69) is 64.3 Å². The van der Waals surface area contributed by atoms with Crippen LogP contribution in [0.4, 0.5) is 37.6 Å². The molecule has 0 amide bonds. The van der Waals surface area contributed by atoms with Crippen LogP contribution in [0.25, 0.3) is 0 Å². The number of ether oxygens (including phenoxy) is 1. The van der Waals surface area contributed by atoms with E-state index in [9.17, 15) is 13.9 Å². The van der Waals surface area contributed by atoms with Gasteiger partial charge >= 0.3 is 0 Å². The largest absolute Gasteiger partial charge is 0.495 e. The van der Waals surface area contributed by atoms with Crippen LogP contribution in [0.1, 0.15) is 37.8 Å². The van der Waals surface area contributed by atoms with E-state index < -0.39 is 17.2 Å². The van der Waals surface area contributed by atoms with Crippen molar-refractivity contribution < 1.29 is 18.6 Å². The SMILES string of the molecule is COc1cc(Nc2ncc(Br)c(Nc3cc(F)c(F)cc3C(C)(C)O)n2)c(C)cc1N1CCC(N2CCN(C)CC2)CC1. The van der Waals surface area contributed by atoms with E-state index in [1.54, 1.807) is 13.3 Å². The number of anilines is 5. The molecule has 0 unspecified atom stereocenters. The molecule has 0 spiro atoms. The molecule has 3 aromatic rings. The lowest BCUT2D eigenvalue weighted by atomic mass is 9.96. The van der Waals surface area contributed by atoms with Crippen molar-refractivity contribution >= 4 is 44.8 Å². The number of piperazine rings is 1. The third-order valence-corrected chi connectivity index (χ3v) is 8.93. The number of halogens is 3. The highest BCUT2D eigenvalue weighted by Gasteiger charge is 2.28. The number of hydrogen-bond donors (Lipinski definition) is 3. The second kappa shape index (κ2) is 12.9. The number of nitrogens with zero attached hydrogens (tertiary/aromatic N) is 5. The van der Waals surface area contributed by atoms with Gasteiger partial charge in [0.15, 0.2) is 11.6 Å². The van der Waals surface area contributed by atoms with Crippen molar-refractivity contribution in [1.82, 2.24) is 19.8 Å². The van der Waals surface area contributed by atoms with E-state index in [1.807, 2.05) is 13.0 Å². The van der Waals surface area contributed by atoms with Crippen molar-refractivity contribution in [2.75, 3.05) is 69.0 Å². The number of aryl methyl sites for hydroxylation is 1. The zero-order valence-corrected chi connectivity index (χ0v) is 26.9. The maximum atomic E-state index is 14.1. The topological polar surface area (TPSA) is 89.0 Å². The van der Waals surface area contributed by atoms with E-state index in [4.69, 9.17) is 4.74 Å². The summed E-state index contributed by atoms with van der Waals surface area (Å²) >= 11 is 3.43. The molecule has 0 bridgehead atoms. The summed E-state index contributed by atoms with van der Waals surface area (Å²) in [5.74, 6) is -0.704. The molecule has 43 heavy (non-hydrogen) atoms. The highest BCUT2D eigenvalue weighted by atomic mass is 79.9. The predicted molar refractivity (Wildman–Crippen MR) is 170 cm³/mol. The molecule has 0 atom stereocenters. The lowest BCUT2D eigenvalue weighted by molar-refractivity contribution is 0.0789. The van der Waals surface area contributed by atoms with Gasteiger partial charge in [-0.2, -0.15) is 4.98 Å². The molecule has 9 nitrogen and oxygen atoms in total. The summed E-state index contributed by atoms with van der Waals surface area (Å²) in [5.41, 5.74) is 1.81. The molecule has 232 valence electrons. The Morgan fingerprint density at radius 3 is 2.30 bits per heavy atom. The highest BCUT2D eigenvalue weighted by molar-refractivity contribution is 9.10. The van der Waals surface area contributed by atoms with Gasteiger partial charge in [0.1, 0.15) is 11.6 Å². The van der Waals surface area contributed by atoms with Crippen LogP contribution in [-0.2, 0) is 5.60 Å². The Labute approximate surface area is 260 Å². The third kappa shape index (κ3) is 7.19. The van der Waals surface area contributed by atoms with Crippen molar-refractivity contribution in [2.24, 2.45) is 0 Å². The van der Waals surface area contributed by atoms with Crippen molar-refractivity contribution in [3.63, 3.8) is 0 Å². The quantitative estimate of drug-likeness (QED) is 0.279. The number of nitrogens with one attached hydrogen (secondary N) is 2. The van der Waals surface area contributed by atoms with Crippen molar-refractivity contribution in [3.8, 4) is 5.75 Å². The number of aliphatic hydroxyl groups is 1. The van der Waals surface area contributed by atoms with Crippen LogP contribution in [0.2, 0.25) is 0 Å². The van der Waals surface area contributed by atoms with Crippen LogP contribution in [0.3, 0.4) is 0 Å². The zero-order valence-electron chi connectivity index (χ0n) is 25.3. The molecule has 2 aliphatic heterocycles. The Morgan fingerprint density at radius 1 is 0.977 bits per heavy atom. The number of likely N-dealkylation sites (N-methyl/N-ethyl adjacent to an activating group) is 1. The average Bonchev–Trinajstić information content (AvgIpc) is 2.97. The van der Waals surface area contributed by atoms with Gasteiger partial charge < -0.3 is 30.3 Å². The van der Waals surface area contributed by atoms with Gasteiger partial charge in [-0.1, -0.05) is 0 Å². The summed E-state index contributed by atoms with van der Waals surface area (Å²) in [6.45, 7) is 11.5.